The summed E-state index contributed by atoms with van der Waals surface area (Å²) < 4.78 is 6.24. The van der Waals surface area contributed by atoms with Crippen LogP contribution in [0.3, 0.4) is 0 Å². The molecule has 0 amide bonds. The molecule has 1 N–H and O–H groups in total. The van der Waals surface area contributed by atoms with Crippen molar-refractivity contribution < 1.29 is 14.6 Å². The highest BCUT2D eigenvalue weighted by Crippen LogP contribution is 2.26. The summed E-state index contributed by atoms with van der Waals surface area (Å²) in [6.07, 6.45) is 1.17. The van der Waals surface area contributed by atoms with Gasteiger partial charge in [0, 0.05) is 6.07 Å². The average Bonchev–Trinajstić information content (AvgIpc) is 2.78. The molecule has 1 aromatic heterocycles. The monoisotopic (exact) mass is 253 g/mol. The lowest BCUT2D eigenvalue weighted by Crippen LogP contribution is -2.08. The van der Waals surface area contributed by atoms with Gasteiger partial charge in [-0.25, -0.2) is 9.48 Å². The van der Waals surface area contributed by atoms with Crippen molar-refractivity contribution in [2.24, 2.45) is 0 Å². The van der Waals surface area contributed by atoms with E-state index in [-0.39, 0.29) is 5.69 Å². The molecule has 0 fully saturated rings. The first kappa shape index (κ1) is 11.4. The number of rotatable bonds is 3. The van der Waals surface area contributed by atoms with Gasteiger partial charge in [-0.15, -0.1) is 5.10 Å². The normalized spacial score (nSPS) is 10.2. The van der Waals surface area contributed by atoms with Crippen LogP contribution in [0.5, 0.6) is 5.75 Å². The molecule has 0 atom stereocenters. The summed E-state index contributed by atoms with van der Waals surface area (Å²) in [4.78, 5) is 10.9. The van der Waals surface area contributed by atoms with E-state index >= 15 is 0 Å². The highest BCUT2D eigenvalue weighted by Gasteiger charge is 2.14. The maximum absolute atomic E-state index is 10.9. The molecule has 0 saturated heterocycles. The Labute approximate surface area is 101 Å². The fourth-order valence-electron chi connectivity index (χ4n) is 1.35. The number of halogens is 1. The van der Waals surface area contributed by atoms with Gasteiger partial charge in [-0.05, 0) is 12.1 Å². The first-order valence-corrected chi connectivity index (χ1v) is 4.99. The standard InChI is InChI=1S/C10H8ClN3O3/c1-17-9-4-6(2-3-7(9)11)14-8(10(15)16)5-12-13-14/h2-5H,1H3,(H,15,16). The summed E-state index contributed by atoms with van der Waals surface area (Å²) in [5.74, 6) is -0.667. The highest BCUT2D eigenvalue weighted by atomic mass is 35.5. The Hall–Kier alpha value is -2.08. The van der Waals surface area contributed by atoms with E-state index in [4.69, 9.17) is 21.4 Å². The van der Waals surface area contributed by atoms with Gasteiger partial charge >= 0.3 is 5.97 Å². The molecule has 0 saturated carbocycles. The van der Waals surface area contributed by atoms with Crippen LogP contribution < -0.4 is 4.74 Å². The molecule has 0 radical (unpaired) electrons. The summed E-state index contributed by atoms with van der Waals surface area (Å²) in [7, 11) is 1.48. The second-order valence-electron chi connectivity index (χ2n) is 3.16. The minimum Gasteiger partial charge on any atom is -0.495 e. The minimum atomic E-state index is -1.11. The number of hydrogen-bond donors (Lipinski definition) is 1. The number of aromatic nitrogens is 3. The Morgan fingerprint density at radius 1 is 1.53 bits per heavy atom. The zero-order chi connectivity index (χ0) is 12.4. The molecule has 7 heteroatoms. The lowest BCUT2D eigenvalue weighted by atomic mass is 10.3. The number of nitrogens with zero attached hydrogens (tertiary/aromatic N) is 3. The van der Waals surface area contributed by atoms with Gasteiger partial charge < -0.3 is 9.84 Å². The molecule has 6 nitrogen and oxygen atoms in total. The van der Waals surface area contributed by atoms with Gasteiger partial charge in [-0.1, -0.05) is 16.8 Å². The molecule has 0 aliphatic rings. The zero-order valence-electron chi connectivity index (χ0n) is 8.79. The lowest BCUT2D eigenvalue weighted by molar-refractivity contribution is 0.0687. The van der Waals surface area contributed by atoms with E-state index in [1.54, 1.807) is 18.2 Å². The molecule has 88 valence electrons. The van der Waals surface area contributed by atoms with Gasteiger partial charge in [0.1, 0.15) is 5.75 Å². The molecule has 0 unspecified atom stereocenters. The fraction of sp³-hybridized carbons (Fsp3) is 0.100. The molecule has 17 heavy (non-hydrogen) atoms. The van der Waals surface area contributed by atoms with Gasteiger partial charge in [-0.2, -0.15) is 0 Å². The van der Waals surface area contributed by atoms with E-state index < -0.39 is 5.97 Å². The molecular formula is C10H8ClN3O3. The van der Waals surface area contributed by atoms with Crippen molar-refractivity contribution in [2.75, 3.05) is 7.11 Å². The first-order valence-electron chi connectivity index (χ1n) is 4.61. The fourth-order valence-corrected chi connectivity index (χ4v) is 1.55. The smallest absolute Gasteiger partial charge is 0.356 e. The molecule has 0 spiro atoms. The maximum Gasteiger partial charge on any atom is 0.356 e. The second-order valence-corrected chi connectivity index (χ2v) is 3.56. The van der Waals surface area contributed by atoms with Crippen molar-refractivity contribution in [1.29, 1.82) is 0 Å². The number of benzene rings is 1. The number of carboxylic acids is 1. The lowest BCUT2D eigenvalue weighted by Gasteiger charge is -2.07. The van der Waals surface area contributed by atoms with Gasteiger partial charge in [0.2, 0.25) is 0 Å². The Morgan fingerprint density at radius 3 is 2.94 bits per heavy atom. The average molecular weight is 254 g/mol. The third-order valence-corrected chi connectivity index (χ3v) is 2.46. The molecule has 2 rings (SSSR count). The summed E-state index contributed by atoms with van der Waals surface area (Å²) in [6.45, 7) is 0. The van der Waals surface area contributed by atoms with Crippen LogP contribution >= 0.6 is 11.6 Å². The number of hydrogen-bond acceptors (Lipinski definition) is 4. The second kappa shape index (κ2) is 4.42. The molecule has 0 aliphatic carbocycles. The van der Waals surface area contributed by atoms with Crippen molar-refractivity contribution in [2.45, 2.75) is 0 Å². The quantitative estimate of drug-likeness (QED) is 0.900. The van der Waals surface area contributed by atoms with Crippen LogP contribution in [0, 0.1) is 0 Å². The Kier molecular flexibility index (Phi) is 2.97. The number of ether oxygens (including phenoxy) is 1. The van der Waals surface area contributed by atoms with Crippen LogP contribution in [0.15, 0.2) is 24.4 Å². The van der Waals surface area contributed by atoms with Crippen molar-refractivity contribution >= 4 is 17.6 Å². The Bertz CT molecular complexity index is 568. The minimum absolute atomic E-state index is 0.0330. The largest absolute Gasteiger partial charge is 0.495 e. The molecule has 0 aliphatic heterocycles. The number of carbonyl (C=O) groups is 1. The van der Waals surface area contributed by atoms with Crippen molar-refractivity contribution in [3.8, 4) is 11.4 Å². The topological polar surface area (TPSA) is 77.2 Å². The zero-order valence-corrected chi connectivity index (χ0v) is 9.55. The number of methoxy groups -OCH3 is 1. The van der Waals surface area contributed by atoms with Crippen LogP contribution in [0.25, 0.3) is 5.69 Å². The summed E-state index contributed by atoms with van der Waals surface area (Å²) in [5.41, 5.74) is 0.482. The summed E-state index contributed by atoms with van der Waals surface area (Å²) >= 11 is 5.87. The van der Waals surface area contributed by atoms with Crippen LogP contribution in [-0.4, -0.2) is 33.2 Å². The van der Waals surface area contributed by atoms with Crippen LogP contribution in [0.2, 0.25) is 5.02 Å². The van der Waals surface area contributed by atoms with E-state index in [1.807, 2.05) is 0 Å². The van der Waals surface area contributed by atoms with Gasteiger partial charge in [0.05, 0.1) is 24.0 Å². The number of aromatic carboxylic acids is 1. The van der Waals surface area contributed by atoms with Crippen LogP contribution in [0.1, 0.15) is 10.5 Å². The van der Waals surface area contributed by atoms with E-state index in [0.29, 0.717) is 16.5 Å². The van der Waals surface area contributed by atoms with Crippen LogP contribution in [0.4, 0.5) is 0 Å². The molecular weight excluding hydrogens is 246 g/mol. The van der Waals surface area contributed by atoms with Gasteiger partial charge in [0.25, 0.3) is 0 Å². The van der Waals surface area contributed by atoms with Crippen molar-refractivity contribution in [3.05, 3.63) is 35.1 Å². The molecule has 0 bridgehead atoms. The van der Waals surface area contributed by atoms with E-state index in [1.165, 1.54) is 18.0 Å². The van der Waals surface area contributed by atoms with Gasteiger partial charge in [-0.3, -0.25) is 0 Å². The van der Waals surface area contributed by atoms with E-state index in [2.05, 4.69) is 10.3 Å². The van der Waals surface area contributed by atoms with Gasteiger partial charge in [0.15, 0.2) is 5.69 Å². The molecule has 1 aromatic carbocycles. The van der Waals surface area contributed by atoms with E-state index in [0.717, 1.165) is 0 Å². The number of carboxylic acid groups (broad SMARTS) is 1. The highest BCUT2D eigenvalue weighted by molar-refractivity contribution is 6.32. The van der Waals surface area contributed by atoms with Crippen molar-refractivity contribution in [1.82, 2.24) is 15.0 Å². The SMILES string of the molecule is COc1cc(-n2nncc2C(=O)O)ccc1Cl. The third-order valence-electron chi connectivity index (χ3n) is 2.15. The maximum atomic E-state index is 10.9. The Balaban J connectivity index is 2.53. The molecule has 2 aromatic rings. The third kappa shape index (κ3) is 2.07. The molecule has 1 heterocycles. The van der Waals surface area contributed by atoms with E-state index in [9.17, 15) is 4.79 Å². The van der Waals surface area contributed by atoms with Crippen LogP contribution in [-0.2, 0) is 0 Å². The Morgan fingerprint density at radius 2 is 2.29 bits per heavy atom. The summed E-state index contributed by atoms with van der Waals surface area (Å²) in [5, 5.41) is 16.6. The summed E-state index contributed by atoms with van der Waals surface area (Å²) in [6, 6.07) is 4.82. The first-order chi connectivity index (χ1) is 8.13. The predicted molar refractivity (Wildman–Crippen MR) is 59.9 cm³/mol. The predicted octanol–water partition coefficient (Wildman–Crippen LogP) is 1.63. The van der Waals surface area contributed by atoms with Crippen molar-refractivity contribution in [3.63, 3.8) is 0 Å².